The van der Waals surface area contributed by atoms with Crippen LogP contribution in [-0.4, -0.2) is 0 Å². The molecule has 0 aliphatic carbocycles. The third-order valence-electron chi connectivity index (χ3n) is 2.98. The van der Waals surface area contributed by atoms with E-state index in [1.54, 1.807) is 0 Å². The lowest BCUT2D eigenvalue weighted by Gasteiger charge is -2.16. The van der Waals surface area contributed by atoms with Crippen LogP contribution in [0.25, 0.3) is 0 Å². The monoisotopic (exact) mass is 225 g/mol. The molecule has 2 N–H and O–H groups in total. The summed E-state index contributed by atoms with van der Waals surface area (Å²) in [6, 6.07) is 6.21. The fraction of sp³-hybridized carbons (Fsp3) is 0.538. The van der Waals surface area contributed by atoms with Crippen molar-refractivity contribution in [2.45, 2.75) is 39.7 Å². The van der Waals surface area contributed by atoms with Crippen molar-refractivity contribution in [2.75, 3.05) is 0 Å². The van der Waals surface area contributed by atoms with E-state index >= 15 is 0 Å². The molecule has 0 saturated heterocycles. The lowest BCUT2D eigenvalue weighted by atomic mass is 9.94. The van der Waals surface area contributed by atoms with Crippen molar-refractivity contribution < 1.29 is 0 Å². The molecule has 0 amide bonds. The van der Waals surface area contributed by atoms with E-state index < -0.39 is 0 Å². The van der Waals surface area contributed by atoms with Crippen molar-refractivity contribution in [2.24, 2.45) is 11.7 Å². The molecule has 1 aromatic carbocycles. The molecule has 2 heteroatoms. The molecular weight excluding hydrogens is 206 g/mol. The van der Waals surface area contributed by atoms with Gasteiger partial charge in [0.2, 0.25) is 0 Å². The van der Waals surface area contributed by atoms with Gasteiger partial charge in [-0.2, -0.15) is 0 Å². The lowest BCUT2D eigenvalue weighted by Crippen LogP contribution is -2.13. The first-order valence-electron chi connectivity index (χ1n) is 5.56. The molecule has 84 valence electrons. The molecule has 1 aromatic rings. The molecule has 0 spiro atoms. The number of halogens is 1. The summed E-state index contributed by atoms with van der Waals surface area (Å²) in [5.41, 5.74) is 8.38. The fourth-order valence-corrected chi connectivity index (χ4v) is 1.76. The molecule has 0 heterocycles. The van der Waals surface area contributed by atoms with Crippen molar-refractivity contribution in [3.8, 4) is 0 Å². The highest BCUT2D eigenvalue weighted by atomic mass is 35.5. The second-order valence-corrected chi connectivity index (χ2v) is 4.77. The van der Waals surface area contributed by atoms with Gasteiger partial charge < -0.3 is 5.73 Å². The summed E-state index contributed by atoms with van der Waals surface area (Å²) in [5.74, 6) is 0.667. The van der Waals surface area contributed by atoms with Gasteiger partial charge >= 0.3 is 0 Å². The molecule has 1 rings (SSSR count). The Balaban J connectivity index is 2.73. The zero-order valence-corrected chi connectivity index (χ0v) is 10.5. The van der Waals surface area contributed by atoms with Gasteiger partial charge in [-0.1, -0.05) is 44.0 Å². The first-order chi connectivity index (χ1) is 7.04. The number of aryl methyl sites for hydroxylation is 1. The number of hydrogen-bond acceptors (Lipinski definition) is 1. The summed E-state index contributed by atoms with van der Waals surface area (Å²) in [6.45, 7) is 6.43. The molecule has 0 radical (unpaired) electrons. The molecule has 0 saturated carbocycles. The van der Waals surface area contributed by atoms with Gasteiger partial charge in [0.1, 0.15) is 0 Å². The number of rotatable bonds is 4. The standard InChI is InChI=1S/C13H20ClN/c1-4-9(2)7-13(15)11-6-5-10(3)12(14)8-11/h5-6,8-9,13H,4,7,15H2,1-3H3. The van der Waals surface area contributed by atoms with Crippen LogP contribution in [0.5, 0.6) is 0 Å². The molecule has 0 bridgehead atoms. The topological polar surface area (TPSA) is 26.0 Å². The molecule has 15 heavy (non-hydrogen) atoms. The van der Waals surface area contributed by atoms with Crippen LogP contribution >= 0.6 is 11.6 Å². The summed E-state index contributed by atoms with van der Waals surface area (Å²) >= 11 is 6.07. The van der Waals surface area contributed by atoms with Gasteiger partial charge in [-0.05, 0) is 36.5 Å². The van der Waals surface area contributed by atoms with Crippen molar-refractivity contribution in [3.05, 3.63) is 34.3 Å². The van der Waals surface area contributed by atoms with E-state index in [1.807, 2.05) is 19.1 Å². The smallest absolute Gasteiger partial charge is 0.0438 e. The van der Waals surface area contributed by atoms with Gasteiger partial charge in [0.25, 0.3) is 0 Å². The minimum Gasteiger partial charge on any atom is -0.324 e. The van der Waals surface area contributed by atoms with E-state index in [4.69, 9.17) is 17.3 Å². The van der Waals surface area contributed by atoms with Crippen LogP contribution in [0, 0.1) is 12.8 Å². The van der Waals surface area contributed by atoms with Gasteiger partial charge in [-0.15, -0.1) is 0 Å². The average Bonchev–Trinajstić information content (AvgIpc) is 2.21. The Bertz CT molecular complexity index is 322. The summed E-state index contributed by atoms with van der Waals surface area (Å²) in [5, 5.41) is 0.812. The van der Waals surface area contributed by atoms with E-state index in [1.165, 1.54) is 6.42 Å². The van der Waals surface area contributed by atoms with E-state index in [9.17, 15) is 0 Å². The lowest BCUT2D eigenvalue weighted by molar-refractivity contribution is 0.461. The van der Waals surface area contributed by atoms with Gasteiger partial charge in [-0.25, -0.2) is 0 Å². The van der Waals surface area contributed by atoms with Gasteiger partial charge in [0, 0.05) is 11.1 Å². The maximum absolute atomic E-state index is 6.13. The van der Waals surface area contributed by atoms with Crippen molar-refractivity contribution in [1.29, 1.82) is 0 Å². The molecule has 0 aliphatic heterocycles. The van der Waals surface area contributed by atoms with Crippen LogP contribution in [0.3, 0.4) is 0 Å². The second-order valence-electron chi connectivity index (χ2n) is 4.36. The van der Waals surface area contributed by atoms with Crippen LogP contribution in [0.1, 0.15) is 43.9 Å². The Morgan fingerprint density at radius 3 is 2.60 bits per heavy atom. The van der Waals surface area contributed by atoms with E-state index in [0.717, 1.165) is 22.6 Å². The highest BCUT2D eigenvalue weighted by Gasteiger charge is 2.10. The number of hydrogen-bond donors (Lipinski definition) is 1. The molecule has 1 nitrogen and oxygen atoms in total. The summed E-state index contributed by atoms with van der Waals surface area (Å²) in [6.07, 6.45) is 2.20. The van der Waals surface area contributed by atoms with Crippen LogP contribution < -0.4 is 5.73 Å². The third kappa shape index (κ3) is 3.51. The molecule has 0 aromatic heterocycles. The Hall–Kier alpha value is -0.530. The Morgan fingerprint density at radius 2 is 2.07 bits per heavy atom. The Morgan fingerprint density at radius 1 is 1.40 bits per heavy atom. The molecule has 0 aliphatic rings. The SMILES string of the molecule is CCC(C)CC(N)c1ccc(C)c(Cl)c1. The van der Waals surface area contributed by atoms with Crippen LogP contribution in [-0.2, 0) is 0 Å². The van der Waals surface area contributed by atoms with Crippen LogP contribution in [0.2, 0.25) is 5.02 Å². The maximum atomic E-state index is 6.13. The molecule has 2 unspecified atom stereocenters. The Labute approximate surface area is 97.6 Å². The van der Waals surface area contributed by atoms with Crippen molar-refractivity contribution >= 4 is 11.6 Å². The van der Waals surface area contributed by atoms with Crippen molar-refractivity contribution in [3.63, 3.8) is 0 Å². The quantitative estimate of drug-likeness (QED) is 0.821. The molecular formula is C13H20ClN. The highest BCUT2D eigenvalue weighted by Crippen LogP contribution is 2.24. The molecule has 2 atom stereocenters. The van der Waals surface area contributed by atoms with E-state index in [-0.39, 0.29) is 6.04 Å². The zero-order valence-electron chi connectivity index (χ0n) is 9.76. The maximum Gasteiger partial charge on any atom is 0.0438 e. The predicted molar refractivity (Wildman–Crippen MR) is 67.2 cm³/mol. The first kappa shape index (κ1) is 12.5. The normalized spacial score (nSPS) is 15.0. The zero-order chi connectivity index (χ0) is 11.4. The number of benzene rings is 1. The van der Waals surface area contributed by atoms with E-state index in [2.05, 4.69) is 19.9 Å². The summed E-state index contributed by atoms with van der Waals surface area (Å²) in [7, 11) is 0. The predicted octanol–water partition coefficient (Wildman–Crippen LogP) is 4.08. The Kier molecular flexibility index (Phi) is 4.62. The van der Waals surface area contributed by atoms with Crippen LogP contribution in [0.15, 0.2) is 18.2 Å². The van der Waals surface area contributed by atoms with Crippen LogP contribution in [0.4, 0.5) is 0 Å². The first-order valence-corrected chi connectivity index (χ1v) is 5.94. The second kappa shape index (κ2) is 5.53. The van der Waals surface area contributed by atoms with E-state index in [0.29, 0.717) is 5.92 Å². The van der Waals surface area contributed by atoms with Gasteiger partial charge in [0.15, 0.2) is 0 Å². The highest BCUT2D eigenvalue weighted by molar-refractivity contribution is 6.31. The average molecular weight is 226 g/mol. The fourth-order valence-electron chi connectivity index (χ4n) is 1.58. The minimum atomic E-state index is 0.109. The van der Waals surface area contributed by atoms with Gasteiger partial charge in [-0.3, -0.25) is 0 Å². The summed E-state index contributed by atoms with van der Waals surface area (Å²) in [4.78, 5) is 0. The summed E-state index contributed by atoms with van der Waals surface area (Å²) < 4.78 is 0. The molecule has 0 fully saturated rings. The minimum absolute atomic E-state index is 0.109. The third-order valence-corrected chi connectivity index (χ3v) is 3.38. The van der Waals surface area contributed by atoms with Gasteiger partial charge in [0.05, 0.1) is 0 Å². The van der Waals surface area contributed by atoms with Crippen molar-refractivity contribution in [1.82, 2.24) is 0 Å². The largest absolute Gasteiger partial charge is 0.324 e. The number of nitrogens with two attached hydrogens (primary N) is 1.